The Morgan fingerprint density at radius 1 is 1.00 bits per heavy atom. The van der Waals surface area contributed by atoms with Crippen molar-refractivity contribution in [1.29, 1.82) is 0 Å². The van der Waals surface area contributed by atoms with Crippen molar-refractivity contribution in [2.24, 2.45) is 0 Å². The highest BCUT2D eigenvalue weighted by Gasteiger charge is 2.27. The van der Waals surface area contributed by atoms with Crippen molar-refractivity contribution in [3.8, 4) is 5.75 Å². The van der Waals surface area contributed by atoms with Gasteiger partial charge in [0.05, 0.1) is 18.0 Å². The molecule has 0 aliphatic carbocycles. The number of likely N-dealkylation sites (N-methyl/N-ethyl adjacent to an activating group) is 1. The van der Waals surface area contributed by atoms with Gasteiger partial charge in [-0.05, 0) is 63.6 Å². The zero-order valence-corrected chi connectivity index (χ0v) is 25.7. The van der Waals surface area contributed by atoms with Gasteiger partial charge in [-0.2, -0.15) is 4.98 Å². The lowest BCUT2D eigenvalue weighted by Gasteiger charge is -2.42. The van der Waals surface area contributed by atoms with Crippen molar-refractivity contribution in [3.05, 3.63) is 48.7 Å². The molecule has 3 aromatic rings. The molecule has 2 fully saturated rings. The Kier molecular flexibility index (Phi) is 9.51. The third-order valence-electron chi connectivity index (χ3n) is 8.07. The summed E-state index contributed by atoms with van der Waals surface area (Å²) in [7, 11) is 1.81. The number of benzene rings is 2. The van der Waals surface area contributed by atoms with Crippen LogP contribution in [-0.4, -0.2) is 102 Å². The molecule has 0 saturated carbocycles. The van der Waals surface area contributed by atoms with E-state index in [4.69, 9.17) is 4.74 Å². The number of nitrogens with zero attached hydrogens (tertiary/aromatic N) is 5. The topological polar surface area (TPSA) is 115 Å². The van der Waals surface area contributed by atoms with Crippen LogP contribution >= 0.6 is 0 Å². The molecule has 5 rings (SSSR count). The third kappa shape index (κ3) is 6.97. The highest BCUT2D eigenvalue weighted by molar-refractivity contribution is 7.89. The van der Waals surface area contributed by atoms with Gasteiger partial charge in [-0.1, -0.05) is 12.1 Å². The Bertz CT molecular complexity index is 1480. The van der Waals surface area contributed by atoms with Crippen molar-refractivity contribution in [2.45, 2.75) is 30.7 Å². The molecule has 0 amide bonds. The molecule has 13 heteroatoms. The summed E-state index contributed by atoms with van der Waals surface area (Å²) in [6.07, 6.45) is 4.03. The van der Waals surface area contributed by atoms with Crippen LogP contribution in [0, 0.1) is 0 Å². The molecule has 0 spiro atoms. The Morgan fingerprint density at radius 3 is 2.45 bits per heavy atom. The molecule has 3 heterocycles. The van der Waals surface area contributed by atoms with Crippen LogP contribution in [0.15, 0.2) is 53.6 Å². The first-order valence-corrected chi connectivity index (χ1v) is 16.1. The molecule has 0 radical (unpaired) electrons. The van der Waals surface area contributed by atoms with E-state index < -0.39 is 10.0 Å². The second-order valence-electron chi connectivity index (χ2n) is 10.8. The monoisotopic (exact) mass is 592 g/mol. The summed E-state index contributed by atoms with van der Waals surface area (Å²) in [6.45, 7) is 9.18. The number of para-hydroxylation sites is 1. The zero-order valence-electron chi connectivity index (χ0n) is 24.9. The fourth-order valence-electron chi connectivity index (χ4n) is 5.55. The molecule has 0 unspecified atom stereocenters. The predicted octanol–water partition coefficient (Wildman–Crippen LogP) is 1.75. The fourth-order valence-corrected chi connectivity index (χ4v) is 6.44. The first-order valence-electron chi connectivity index (χ1n) is 14.6. The van der Waals surface area contributed by atoms with Crippen molar-refractivity contribution in [3.63, 3.8) is 0 Å². The van der Waals surface area contributed by atoms with Crippen LogP contribution < -0.4 is 30.5 Å². The number of piperazine rings is 1. The molecule has 1 aromatic heterocycles. The summed E-state index contributed by atoms with van der Waals surface area (Å²) < 4.78 is 33.5. The minimum atomic E-state index is -3.65. The summed E-state index contributed by atoms with van der Waals surface area (Å²) in [5.41, 5.74) is 3.11. The first-order chi connectivity index (χ1) is 20.3. The van der Waals surface area contributed by atoms with Gasteiger partial charge in [-0.15, -0.1) is 0 Å². The van der Waals surface area contributed by atoms with Crippen LogP contribution in [0.4, 0.5) is 28.8 Å². The Labute approximate surface area is 250 Å². The van der Waals surface area contributed by atoms with E-state index in [1.807, 2.05) is 20.8 Å². The standard InChI is InChI=1S/C29H41BN8O3S/c1-4-41-26-19-22(37-13-11-21(12-14-37)38-17-15-36(3)16-18-38)9-10-24(26)34-29-32-20-23(30)28(35-29)33-25-7-5-6-8-27(25)42(39,40)31-2/h5-10,19-21,31H,4,11-18,30H2,1-3H3,(H2,32,33,34,35). The Balaban J connectivity index is 1.30. The van der Waals surface area contributed by atoms with E-state index in [1.54, 1.807) is 30.5 Å². The van der Waals surface area contributed by atoms with Gasteiger partial charge >= 0.3 is 0 Å². The summed E-state index contributed by atoms with van der Waals surface area (Å²) in [6, 6.07) is 13.6. The molecule has 3 N–H and O–H groups in total. The normalized spacial score (nSPS) is 17.3. The predicted molar refractivity (Wildman–Crippen MR) is 171 cm³/mol. The van der Waals surface area contributed by atoms with E-state index in [9.17, 15) is 8.42 Å². The van der Waals surface area contributed by atoms with Gasteiger partial charge in [-0.25, -0.2) is 18.1 Å². The molecule has 2 aromatic carbocycles. The number of rotatable bonds is 10. The molecular formula is C29H41BN8O3S. The maximum atomic E-state index is 12.5. The number of anilines is 5. The number of hydrogen-bond donors (Lipinski definition) is 3. The van der Waals surface area contributed by atoms with Crippen LogP contribution in [0.25, 0.3) is 0 Å². The average molecular weight is 593 g/mol. The highest BCUT2D eigenvalue weighted by atomic mass is 32.2. The second kappa shape index (κ2) is 13.3. The molecular weight excluding hydrogens is 551 g/mol. The Morgan fingerprint density at radius 2 is 1.74 bits per heavy atom. The molecule has 42 heavy (non-hydrogen) atoms. The molecule has 0 bridgehead atoms. The van der Waals surface area contributed by atoms with Crippen LogP contribution in [0.1, 0.15) is 19.8 Å². The Hall–Kier alpha value is -3.39. The van der Waals surface area contributed by atoms with E-state index in [0.29, 0.717) is 30.1 Å². The first kappa shape index (κ1) is 30.1. The van der Waals surface area contributed by atoms with Gasteiger partial charge in [0.15, 0.2) is 0 Å². The summed E-state index contributed by atoms with van der Waals surface area (Å²) in [4.78, 5) is 16.8. The van der Waals surface area contributed by atoms with E-state index >= 15 is 0 Å². The minimum Gasteiger partial charge on any atom is -0.492 e. The van der Waals surface area contributed by atoms with Crippen molar-refractivity contribution < 1.29 is 13.2 Å². The van der Waals surface area contributed by atoms with Gasteiger partial charge in [-0.3, -0.25) is 4.90 Å². The molecule has 11 nitrogen and oxygen atoms in total. The zero-order chi connectivity index (χ0) is 29.7. The van der Waals surface area contributed by atoms with Crippen LogP contribution in [-0.2, 0) is 10.0 Å². The molecule has 2 aliphatic rings. The summed E-state index contributed by atoms with van der Waals surface area (Å²) >= 11 is 0. The number of piperidine rings is 1. The molecule has 2 aliphatic heterocycles. The lowest BCUT2D eigenvalue weighted by atomic mass is 9.99. The number of ether oxygens (including phenoxy) is 1. The van der Waals surface area contributed by atoms with E-state index in [-0.39, 0.29) is 4.90 Å². The third-order valence-corrected chi connectivity index (χ3v) is 9.54. The maximum absolute atomic E-state index is 12.5. The highest BCUT2D eigenvalue weighted by Crippen LogP contribution is 2.33. The van der Waals surface area contributed by atoms with Gasteiger partial charge in [0.25, 0.3) is 0 Å². The van der Waals surface area contributed by atoms with Crippen molar-refractivity contribution in [2.75, 3.05) is 75.5 Å². The fraction of sp³-hybridized carbons (Fsp3) is 0.448. The average Bonchev–Trinajstić information content (AvgIpc) is 3.00. The number of sulfonamides is 1. The molecule has 2 saturated heterocycles. The van der Waals surface area contributed by atoms with Gasteiger partial charge in [0, 0.05) is 63.3 Å². The quantitative estimate of drug-likeness (QED) is 0.301. The van der Waals surface area contributed by atoms with E-state index in [2.05, 4.69) is 59.2 Å². The van der Waals surface area contributed by atoms with Crippen molar-refractivity contribution in [1.82, 2.24) is 24.5 Å². The minimum absolute atomic E-state index is 0.141. The SMILES string of the molecule is Bc1cnc(Nc2ccc(N3CCC(N4CCN(C)CC4)CC3)cc2OCC)nc1Nc1ccccc1S(=O)(=O)NC. The lowest BCUT2D eigenvalue weighted by Crippen LogP contribution is -2.52. The van der Waals surface area contributed by atoms with E-state index in [1.165, 1.54) is 19.9 Å². The summed E-state index contributed by atoms with van der Waals surface area (Å²) in [5.74, 6) is 1.61. The number of nitrogens with one attached hydrogen (secondary N) is 3. The second-order valence-corrected chi connectivity index (χ2v) is 12.7. The van der Waals surface area contributed by atoms with Gasteiger partial charge in [0.1, 0.15) is 24.3 Å². The number of hydrogen-bond acceptors (Lipinski definition) is 10. The van der Waals surface area contributed by atoms with E-state index in [0.717, 1.165) is 61.9 Å². The number of aromatic nitrogens is 2. The molecule has 0 atom stereocenters. The van der Waals surface area contributed by atoms with Crippen molar-refractivity contribution >= 4 is 52.2 Å². The van der Waals surface area contributed by atoms with Gasteiger partial charge in [0.2, 0.25) is 16.0 Å². The van der Waals surface area contributed by atoms with Crippen LogP contribution in [0.3, 0.4) is 0 Å². The largest absolute Gasteiger partial charge is 0.492 e. The molecule has 224 valence electrons. The maximum Gasteiger partial charge on any atom is 0.242 e. The lowest BCUT2D eigenvalue weighted by molar-refractivity contribution is 0.0982. The van der Waals surface area contributed by atoms with Crippen LogP contribution in [0.2, 0.25) is 0 Å². The smallest absolute Gasteiger partial charge is 0.242 e. The summed E-state index contributed by atoms with van der Waals surface area (Å²) in [5, 5.41) is 6.48. The van der Waals surface area contributed by atoms with Gasteiger partial charge < -0.3 is 25.2 Å². The van der Waals surface area contributed by atoms with Crippen LogP contribution in [0.5, 0.6) is 5.75 Å².